The molecule has 0 saturated heterocycles. The Kier molecular flexibility index (Phi) is 14.1. The molecule has 8 aromatic carbocycles. The molecule has 0 N–H and O–H groups in total. The number of fused-ring (bicyclic) bond motifs is 4. The summed E-state index contributed by atoms with van der Waals surface area (Å²) in [6.07, 6.45) is 18.0. The van der Waals surface area contributed by atoms with Gasteiger partial charge >= 0.3 is 0 Å². The summed E-state index contributed by atoms with van der Waals surface area (Å²) in [5.41, 5.74) is 18.1. The van der Waals surface area contributed by atoms with Crippen molar-refractivity contribution in [2.24, 2.45) is 0 Å². The van der Waals surface area contributed by atoms with E-state index < -0.39 is 0 Å². The van der Waals surface area contributed by atoms with Crippen LogP contribution in [-0.2, 0) is 5.41 Å². The highest BCUT2D eigenvalue weighted by atomic mass is 15.1. The lowest BCUT2D eigenvalue weighted by molar-refractivity contribution is 0.654. The second-order valence-electron chi connectivity index (χ2n) is 18.4. The van der Waals surface area contributed by atoms with Gasteiger partial charge in [-0.2, -0.15) is 0 Å². The third-order valence-electron chi connectivity index (χ3n) is 13.7. The van der Waals surface area contributed by atoms with Crippen LogP contribution in [0.3, 0.4) is 0 Å². The number of hydrogen-bond donors (Lipinski definition) is 0. The Morgan fingerprint density at radius 3 is 1.81 bits per heavy atom. The Labute approximate surface area is 415 Å². The zero-order valence-corrected chi connectivity index (χ0v) is 41.4. The molecule has 0 amide bonds. The number of para-hydroxylation sites is 2. The minimum atomic E-state index is -0.156. The van der Waals surface area contributed by atoms with Crippen molar-refractivity contribution < 1.29 is 0 Å². The lowest BCUT2D eigenvalue weighted by Gasteiger charge is -2.29. The molecule has 10 rings (SSSR count). The summed E-state index contributed by atoms with van der Waals surface area (Å²) in [6, 6.07) is 70.2. The highest BCUT2D eigenvalue weighted by Gasteiger charge is 2.36. The molecule has 70 heavy (non-hydrogen) atoms. The van der Waals surface area contributed by atoms with Crippen LogP contribution in [0, 0.1) is 0 Å². The molecule has 0 radical (unpaired) electrons. The number of aromatic nitrogens is 1. The van der Waals surface area contributed by atoms with E-state index in [0.717, 1.165) is 23.5 Å². The van der Waals surface area contributed by atoms with E-state index in [9.17, 15) is 0 Å². The molecule has 2 nitrogen and oxygen atoms in total. The summed E-state index contributed by atoms with van der Waals surface area (Å²) in [7, 11) is 0. The van der Waals surface area contributed by atoms with Crippen LogP contribution in [0.2, 0.25) is 0 Å². The van der Waals surface area contributed by atoms with Gasteiger partial charge in [-0.05, 0) is 156 Å². The first-order valence-corrected chi connectivity index (χ1v) is 24.5. The molecule has 0 saturated carbocycles. The summed E-state index contributed by atoms with van der Waals surface area (Å²) in [5.74, 6) is 0. The predicted octanol–water partition coefficient (Wildman–Crippen LogP) is 17.6. The number of rotatable bonds is 11. The fraction of sp³-hybridized carbons (Fsp3) is 0.118. The molecular formula is C68H62N2. The van der Waals surface area contributed by atoms with Gasteiger partial charge in [-0.25, -0.2) is 0 Å². The smallest absolute Gasteiger partial charge is 0.0541 e. The number of anilines is 3. The molecule has 2 heteroatoms. The zero-order valence-electron chi connectivity index (χ0n) is 41.4. The van der Waals surface area contributed by atoms with Gasteiger partial charge in [0.25, 0.3) is 0 Å². The second-order valence-corrected chi connectivity index (χ2v) is 18.4. The lowest BCUT2D eigenvalue weighted by atomic mass is 9.80. The van der Waals surface area contributed by atoms with E-state index >= 15 is 0 Å². The molecule has 344 valence electrons. The SMILES string of the molecule is C/C=C\C\C(C)=c1/cccc/c1=C\C=C\C.C=CC1=C(/C=C\C)C(C)(C)c2cc(N(c3ccc(-c4ccccc4)cc3)c3ccc(-c4ccc5c(c4)c4ccccc4n5-c4ccccc4)cc3)ccc21. The largest absolute Gasteiger partial charge is 0.310 e. The van der Waals surface area contributed by atoms with E-state index in [-0.39, 0.29) is 5.41 Å². The summed E-state index contributed by atoms with van der Waals surface area (Å²) < 4.78 is 2.37. The first kappa shape index (κ1) is 46.9. The van der Waals surface area contributed by atoms with Crippen LogP contribution < -0.4 is 15.3 Å². The van der Waals surface area contributed by atoms with Crippen molar-refractivity contribution >= 4 is 56.1 Å². The molecule has 1 aliphatic carbocycles. The normalized spacial score (nSPS) is 13.9. The molecule has 1 aliphatic rings. The Morgan fingerprint density at radius 2 is 1.14 bits per heavy atom. The molecule has 0 bridgehead atoms. The zero-order chi connectivity index (χ0) is 48.6. The average molecular weight is 907 g/mol. The molecule has 0 aliphatic heterocycles. The monoisotopic (exact) mass is 906 g/mol. The molecule has 9 aromatic rings. The number of nitrogens with zero attached hydrogens (tertiary/aromatic N) is 2. The van der Waals surface area contributed by atoms with Gasteiger partial charge in [0, 0.05) is 38.9 Å². The maximum Gasteiger partial charge on any atom is 0.0541 e. The minimum absolute atomic E-state index is 0.156. The number of allylic oxidation sites excluding steroid dienone is 9. The van der Waals surface area contributed by atoms with E-state index in [2.05, 4.69) is 287 Å². The fourth-order valence-electron chi connectivity index (χ4n) is 10.1. The molecule has 1 heterocycles. The van der Waals surface area contributed by atoms with Gasteiger partial charge in [-0.1, -0.05) is 202 Å². The fourth-order valence-corrected chi connectivity index (χ4v) is 10.1. The topological polar surface area (TPSA) is 8.17 Å². The standard InChI is InChI=1S/C52H42N2.C16H20/c1-5-15-48-44(6-2)45-32-31-43(35-49(45)52(48,3)4)53(41-27-22-37(23-28-41)36-16-9-7-10-17-36)42-29-24-38(25-30-42)39-26-33-51-47(34-39)46-20-13-14-21-50(46)54(51)40-18-11-8-12-19-40;1-4-6-10-14(3)16-13-9-8-12-15(16)11-7-5-2/h5-35H,2H2,1,3-4H3;4-9,11-13H,10H2,1-3H3/b15-5-;6-4-,7-5+,15-11+,16-14+. The minimum Gasteiger partial charge on any atom is -0.310 e. The van der Waals surface area contributed by atoms with Crippen LogP contribution in [0.5, 0.6) is 0 Å². The van der Waals surface area contributed by atoms with E-state index in [4.69, 9.17) is 0 Å². The van der Waals surface area contributed by atoms with Gasteiger partial charge in [0.1, 0.15) is 0 Å². The van der Waals surface area contributed by atoms with Crippen molar-refractivity contribution in [2.45, 2.75) is 53.4 Å². The van der Waals surface area contributed by atoms with Gasteiger partial charge in [0.2, 0.25) is 0 Å². The number of hydrogen-bond acceptors (Lipinski definition) is 1. The van der Waals surface area contributed by atoms with E-state index in [0.29, 0.717) is 0 Å². The Morgan fingerprint density at radius 1 is 0.557 bits per heavy atom. The highest BCUT2D eigenvalue weighted by molar-refractivity contribution is 6.10. The summed E-state index contributed by atoms with van der Waals surface area (Å²) in [4.78, 5) is 2.38. The van der Waals surface area contributed by atoms with Crippen LogP contribution in [0.1, 0.15) is 59.1 Å². The first-order valence-electron chi connectivity index (χ1n) is 24.5. The maximum atomic E-state index is 4.20. The van der Waals surface area contributed by atoms with Crippen molar-refractivity contribution in [2.75, 3.05) is 4.90 Å². The van der Waals surface area contributed by atoms with E-state index in [1.54, 1.807) is 0 Å². The van der Waals surface area contributed by atoms with Crippen molar-refractivity contribution in [3.8, 4) is 27.9 Å². The highest BCUT2D eigenvalue weighted by Crippen LogP contribution is 2.50. The van der Waals surface area contributed by atoms with Crippen LogP contribution in [-0.4, -0.2) is 4.57 Å². The van der Waals surface area contributed by atoms with E-state index in [1.807, 2.05) is 13.0 Å². The molecule has 0 fully saturated rings. The van der Waals surface area contributed by atoms with Crippen molar-refractivity contribution in [3.63, 3.8) is 0 Å². The first-order chi connectivity index (χ1) is 34.2. The number of benzene rings is 8. The Balaban J connectivity index is 0.000000325. The molecule has 0 spiro atoms. The Bertz CT molecular complexity index is 3560. The van der Waals surface area contributed by atoms with Gasteiger partial charge in [0.15, 0.2) is 0 Å². The van der Waals surface area contributed by atoms with Crippen molar-refractivity contribution in [1.29, 1.82) is 0 Å². The third kappa shape index (κ3) is 9.34. The molecule has 1 aromatic heterocycles. The third-order valence-corrected chi connectivity index (χ3v) is 13.7. The predicted molar refractivity (Wildman–Crippen MR) is 305 cm³/mol. The average Bonchev–Trinajstić information content (AvgIpc) is 3.85. The molecule has 0 unspecified atom stereocenters. The van der Waals surface area contributed by atoms with Crippen LogP contribution >= 0.6 is 0 Å². The van der Waals surface area contributed by atoms with Crippen LogP contribution in [0.4, 0.5) is 17.1 Å². The molecule has 0 atom stereocenters. The van der Waals surface area contributed by atoms with Gasteiger partial charge in [0.05, 0.1) is 11.0 Å². The maximum absolute atomic E-state index is 4.20. The Hall–Kier alpha value is -8.20. The summed E-state index contributed by atoms with van der Waals surface area (Å²) in [5, 5.41) is 5.15. The lowest BCUT2D eigenvalue weighted by Crippen LogP contribution is -2.25. The van der Waals surface area contributed by atoms with Gasteiger partial charge < -0.3 is 9.47 Å². The van der Waals surface area contributed by atoms with Crippen LogP contribution in [0.15, 0.2) is 249 Å². The summed E-state index contributed by atoms with van der Waals surface area (Å²) >= 11 is 0. The molecular weight excluding hydrogens is 845 g/mol. The quantitative estimate of drug-likeness (QED) is 0.117. The van der Waals surface area contributed by atoms with Crippen molar-refractivity contribution in [3.05, 3.63) is 270 Å². The van der Waals surface area contributed by atoms with Gasteiger partial charge in [-0.15, -0.1) is 0 Å². The van der Waals surface area contributed by atoms with Gasteiger partial charge in [-0.3, -0.25) is 0 Å². The summed E-state index contributed by atoms with van der Waals surface area (Å²) in [6.45, 7) is 17.2. The second kappa shape index (κ2) is 21.0. The van der Waals surface area contributed by atoms with Crippen LogP contribution in [0.25, 0.3) is 67.0 Å². The van der Waals surface area contributed by atoms with E-state index in [1.165, 1.54) is 88.0 Å². The van der Waals surface area contributed by atoms with Crippen molar-refractivity contribution in [1.82, 2.24) is 4.57 Å².